The quantitative estimate of drug-likeness (QED) is 0.781. The average molecular weight is 258 g/mol. The van der Waals surface area contributed by atoms with Crippen molar-refractivity contribution in [1.29, 1.82) is 0 Å². The van der Waals surface area contributed by atoms with E-state index >= 15 is 0 Å². The van der Waals surface area contributed by atoms with Gasteiger partial charge in [-0.25, -0.2) is 4.39 Å². The Morgan fingerprint density at radius 1 is 1.24 bits per heavy atom. The number of anilines is 1. The van der Waals surface area contributed by atoms with Crippen LogP contribution in [-0.2, 0) is 0 Å². The second-order valence-corrected chi connectivity index (χ2v) is 5.51. The molecule has 1 aromatic carbocycles. The van der Waals surface area contributed by atoms with E-state index in [0.29, 0.717) is 22.5 Å². The molecular weight excluding hydrogens is 237 g/mol. The summed E-state index contributed by atoms with van der Waals surface area (Å²) in [6.45, 7) is 8.29. The van der Waals surface area contributed by atoms with Gasteiger partial charge in [0.1, 0.15) is 5.82 Å². The minimum atomic E-state index is -0.254. The molecule has 0 radical (unpaired) electrons. The molecule has 0 aliphatic rings. The third-order valence-corrected chi connectivity index (χ3v) is 3.14. The maximum Gasteiger partial charge on any atom is 0.127 e. The molecule has 17 heavy (non-hydrogen) atoms. The van der Waals surface area contributed by atoms with Crippen LogP contribution in [0, 0.1) is 18.7 Å². The van der Waals surface area contributed by atoms with E-state index in [1.165, 1.54) is 12.5 Å². The van der Waals surface area contributed by atoms with Gasteiger partial charge in [0.25, 0.3) is 0 Å². The minimum absolute atomic E-state index is 0.254. The number of nitrogens with one attached hydrogen (secondary N) is 1. The Labute approximate surface area is 108 Å². The summed E-state index contributed by atoms with van der Waals surface area (Å²) in [7, 11) is 0. The van der Waals surface area contributed by atoms with Crippen molar-refractivity contribution in [1.82, 2.24) is 0 Å². The van der Waals surface area contributed by atoms with Gasteiger partial charge in [-0.2, -0.15) is 0 Å². The Hall–Kier alpha value is -0.760. The molecule has 3 heteroatoms. The summed E-state index contributed by atoms with van der Waals surface area (Å²) in [6.07, 6.45) is 2.26. The Balaban J connectivity index is 2.65. The lowest BCUT2D eigenvalue weighted by Crippen LogP contribution is -2.16. The van der Waals surface area contributed by atoms with E-state index < -0.39 is 0 Å². The first-order valence-corrected chi connectivity index (χ1v) is 6.50. The Morgan fingerprint density at radius 3 is 2.47 bits per heavy atom. The lowest BCUT2D eigenvalue weighted by atomic mass is 10.0. The van der Waals surface area contributed by atoms with Crippen molar-refractivity contribution in [3.8, 4) is 0 Å². The van der Waals surface area contributed by atoms with E-state index in [2.05, 4.69) is 26.1 Å². The van der Waals surface area contributed by atoms with Gasteiger partial charge in [-0.3, -0.25) is 0 Å². The fraction of sp³-hybridized carbons (Fsp3) is 0.571. The molecule has 1 N–H and O–H groups in total. The summed E-state index contributed by atoms with van der Waals surface area (Å²) in [4.78, 5) is 0. The minimum Gasteiger partial charge on any atom is -0.381 e. The van der Waals surface area contributed by atoms with Crippen molar-refractivity contribution in [2.24, 2.45) is 5.92 Å². The Morgan fingerprint density at radius 2 is 1.88 bits per heavy atom. The van der Waals surface area contributed by atoms with Crippen molar-refractivity contribution < 1.29 is 4.39 Å². The van der Waals surface area contributed by atoms with Crippen LogP contribution in [0.3, 0.4) is 0 Å². The van der Waals surface area contributed by atoms with Gasteiger partial charge in [-0.05, 0) is 50.3 Å². The van der Waals surface area contributed by atoms with Crippen molar-refractivity contribution in [2.45, 2.75) is 46.6 Å². The average Bonchev–Trinajstić information content (AvgIpc) is 2.23. The summed E-state index contributed by atoms with van der Waals surface area (Å²) < 4.78 is 13.2. The summed E-state index contributed by atoms with van der Waals surface area (Å²) >= 11 is 6.01. The van der Waals surface area contributed by atoms with Crippen LogP contribution < -0.4 is 5.32 Å². The number of hydrogen-bond donors (Lipinski definition) is 1. The molecule has 1 unspecified atom stereocenters. The monoisotopic (exact) mass is 257 g/mol. The van der Waals surface area contributed by atoms with E-state index in [-0.39, 0.29) is 5.82 Å². The van der Waals surface area contributed by atoms with Gasteiger partial charge >= 0.3 is 0 Å². The summed E-state index contributed by atoms with van der Waals surface area (Å²) in [6, 6.07) is 3.48. The molecule has 0 spiro atoms. The third kappa shape index (κ3) is 4.55. The van der Waals surface area contributed by atoms with Gasteiger partial charge < -0.3 is 5.32 Å². The largest absolute Gasteiger partial charge is 0.381 e. The molecule has 0 saturated carbocycles. The van der Waals surface area contributed by atoms with E-state index in [0.717, 1.165) is 12.1 Å². The summed E-state index contributed by atoms with van der Waals surface area (Å²) in [5.74, 6) is 0.444. The lowest BCUT2D eigenvalue weighted by Gasteiger charge is -2.18. The van der Waals surface area contributed by atoms with Crippen LogP contribution in [0.15, 0.2) is 12.1 Å². The topological polar surface area (TPSA) is 12.0 Å². The maximum atomic E-state index is 13.2. The highest BCUT2D eigenvalue weighted by Crippen LogP contribution is 2.26. The molecule has 1 rings (SSSR count). The van der Waals surface area contributed by atoms with Crippen LogP contribution in [0.5, 0.6) is 0 Å². The molecule has 0 fully saturated rings. The molecule has 96 valence electrons. The second-order valence-electron chi connectivity index (χ2n) is 5.10. The van der Waals surface area contributed by atoms with Gasteiger partial charge in [0, 0.05) is 6.04 Å². The number of halogens is 2. The molecule has 1 atom stereocenters. The first kappa shape index (κ1) is 14.3. The van der Waals surface area contributed by atoms with E-state index in [4.69, 9.17) is 11.6 Å². The summed E-state index contributed by atoms with van der Waals surface area (Å²) in [5, 5.41) is 3.78. The molecule has 1 aromatic rings. The fourth-order valence-electron chi connectivity index (χ4n) is 1.69. The predicted octanol–water partition coefficient (Wildman–Crippen LogP) is 5.02. The van der Waals surface area contributed by atoms with Gasteiger partial charge in [0.05, 0.1) is 10.7 Å². The molecule has 0 aliphatic heterocycles. The van der Waals surface area contributed by atoms with E-state index in [9.17, 15) is 4.39 Å². The molecule has 0 aromatic heterocycles. The fourth-order valence-corrected chi connectivity index (χ4v) is 1.89. The highest BCUT2D eigenvalue weighted by atomic mass is 35.5. The highest BCUT2D eigenvalue weighted by molar-refractivity contribution is 6.33. The zero-order valence-corrected chi connectivity index (χ0v) is 11.7. The molecule has 0 saturated heterocycles. The smallest absolute Gasteiger partial charge is 0.127 e. The SMILES string of the molecule is Cc1cc(NC(C)CCC(C)C)c(Cl)cc1F. The second kappa shape index (κ2) is 6.25. The van der Waals surface area contributed by atoms with Gasteiger partial charge in [0.15, 0.2) is 0 Å². The van der Waals surface area contributed by atoms with Gasteiger partial charge in [0.2, 0.25) is 0 Å². The maximum absolute atomic E-state index is 13.2. The van der Waals surface area contributed by atoms with Crippen LogP contribution in [0.25, 0.3) is 0 Å². The standard InChI is InChI=1S/C14H21ClFN/c1-9(2)5-6-11(4)17-14-7-10(3)13(16)8-12(14)15/h7-9,11,17H,5-6H2,1-4H3. The molecule has 0 aliphatic carbocycles. The van der Waals surface area contributed by atoms with Crippen molar-refractivity contribution in [3.05, 3.63) is 28.5 Å². The Kier molecular flexibility index (Phi) is 5.26. The van der Waals surface area contributed by atoms with Crippen LogP contribution >= 0.6 is 11.6 Å². The van der Waals surface area contributed by atoms with Crippen LogP contribution in [-0.4, -0.2) is 6.04 Å². The normalized spacial score (nSPS) is 12.9. The highest BCUT2D eigenvalue weighted by Gasteiger charge is 2.09. The first-order chi connectivity index (χ1) is 7.90. The van der Waals surface area contributed by atoms with Crippen molar-refractivity contribution in [3.63, 3.8) is 0 Å². The summed E-state index contributed by atoms with van der Waals surface area (Å²) in [5.41, 5.74) is 1.44. The first-order valence-electron chi connectivity index (χ1n) is 6.12. The van der Waals surface area contributed by atoms with Crippen molar-refractivity contribution in [2.75, 3.05) is 5.32 Å². The number of aryl methyl sites for hydroxylation is 1. The van der Waals surface area contributed by atoms with Crippen LogP contribution in [0.1, 0.15) is 39.2 Å². The molecular formula is C14H21ClFN. The molecule has 0 amide bonds. The zero-order valence-electron chi connectivity index (χ0n) is 11.0. The Bertz CT molecular complexity index is 377. The number of hydrogen-bond acceptors (Lipinski definition) is 1. The third-order valence-electron chi connectivity index (χ3n) is 2.83. The van der Waals surface area contributed by atoms with E-state index in [1.54, 1.807) is 13.0 Å². The van der Waals surface area contributed by atoms with Crippen molar-refractivity contribution >= 4 is 17.3 Å². The van der Waals surface area contributed by atoms with E-state index in [1.807, 2.05) is 0 Å². The lowest BCUT2D eigenvalue weighted by molar-refractivity contribution is 0.527. The number of benzene rings is 1. The predicted molar refractivity (Wildman–Crippen MR) is 73.3 cm³/mol. The van der Waals surface area contributed by atoms with Gasteiger partial charge in [-0.15, -0.1) is 0 Å². The molecule has 0 bridgehead atoms. The number of rotatable bonds is 5. The molecule has 0 heterocycles. The van der Waals surface area contributed by atoms with Gasteiger partial charge in [-0.1, -0.05) is 25.4 Å². The molecule has 1 nitrogen and oxygen atoms in total. The zero-order chi connectivity index (χ0) is 13.0. The van der Waals surface area contributed by atoms with Crippen LogP contribution in [0.4, 0.5) is 10.1 Å². The van der Waals surface area contributed by atoms with Crippen LogP contribution in [0.2, 0.25) is 5.02 Å².